The van der Waals surface area contributed by atoms with Crippen molar-refractivity contribution >= 4 is 34.8 Å². The molecule has 0 aliphatic heterocycles. The fraction of sp³-hybridized carbons (Fsp3) is 0.273. The van der Waals surface area contributed by atoms with Crippen molar-refractivity contribution in [3.8, 4) is 5.88 Å². The Morgan fingerprint density at radius 1 is 1.31 bits per heavy atom. The number of hydrogen-bond acceptors (Lipinski definition) is 6. The molecule has 4 N–H and O–H groups in total. The quantitative estimate of drug-likeness (QED) is 0.342. The minimum absolute atomic E-state index is 0.159. The van der Waals surface area contributed by atoms with E-state index in [2.05, 4.69) is 34.2 Å². The summed E-state index contributed by atoms with van der Waals surface area (Å²) in [4.78, 5) is 26.0. The van der Waals surface area contributed by atoms with Crippen molar-refractivity contribution < 1.29 is 5.11 Å². The first-order valence-corrected chi connectivity index (χ1v) is 10.8. The number of hydrogen-bond donors (Lipinski definition) is 4. The van der Waals surface area contributed by atoms with Crippen LogP contribution in [0.4, 0.5) is 11.5 Å². The molecule has 10 heteroatoms. The van der Waals surface area contributed by atoms with Gasteiger partial charge in [0, 0.05) is 22.0 Å². The summed E-state index contributed by atoms with van der Waals surface area (Å²) >= 11 is 6.12. The molecule has 166 valence electrons. The Morgan fingerprint density at radius 3 is 2.84 bits per heavy atom. The number of anilines is 2. The van der Waals surface area contributed by atoms with Crippen LogP contribution in [0.1, 0.15) is 38.8 Å². The van der Waals surface area contributed by atoms with Gasteiger partial charge in [0.15, 0.2) is 11.1 Å². The second kappa shape index (κ2) is 9.27. The smallest absolute Gasteiger partial charge is 0.326 e. The lowest BCUT2D eigenvalue weighted by Gasteiger charge is -2.10. The molecule has 0 saturated heterocycles. The molecule has 1 unspecified atom stereocenters. The number of imidazole rings is 1. The van der Waals surface area contributed by atoms with E-state index in [4.69, 9.17) is 21.6 Å². The zero-order valence-corrected chi connectivity index (χ0v) is 18.5. The molecular formula is C22H24ClN7O2. The Labute approximate surface area is 188 Å². The molecule has 0 bridgehead atoms. The van der Waals surface area contributed by atoms with E-state index in [1.165, 1.54) is 0 Å². The molecule has 0 amide bonds. The summed E-state index contributed by atoms with van der Waals surface area (Å²) in [5.41, 5.74) is 1.73. The van der Waals surface area contributed by atoms with Crippen LogP contribution in [0.2, 0.25) is 5.02 Å². The molecule has 1 atom stereocenters. The molecule has 1 aromatic carbocycles. The number of benzene rings is 1. The van der Waals surface area contributed by atoms with Crippen molar-refractivity contribution in [2.24, 2.45) is 4.99 Å². The molecule has 0 aliphatic rings. The molecule has 0 saturated carbocycles. The Morgan fingerprint density at radius 2 is 2.16 bits per heavy atom. The van der Waals surface area contributed by atoms with Crippen molar-refractivity contribution in [1.29, 1.82) is 0 Å². The normalized spacial score (nSPS) is 13.7. The number of fused-ring (bicyclic) bond motifs is 1. The average Bonchev–Trinajstić information content (AvgIpc) is 3.30. The molecule has 4 aromatic rings. The zero-order chi connectivity index (χ0) is 22.7. The van der Waals surface area contributed by atoms with E-state index in [0.717, 1.165) is 24.9 Å². The van der Waals surface area contributed by atoms with Crippen LogP contribution in [0, 0.1) is 0 Å². The highest BCUT2D eigenvalue weighted by Gasteiger charge is 2.10. The van der Waals surface area contributed by atoms with Gasteiger partial charge in [-0.3, -0.25) is 9.98 Å². The van der Waals surface area contributed by atoms with Gasteiger partial charge in [0.05, 0.1) is 12.2 Å². The maximum Gasteiger partial charge on any atom is 0.326 e. The number of rotatable bonds is 7. The van der Waals surface area contributed by atoms with Gasteiger partial charge in [-0.1, -0.05) is 37.9 Å². The second-order valence-corrected chi connectivity index (χ2v) is 7.87. The number of aromatic nitrogens is 5. The van der Waals surface area contributed by atoms with E-state index in [0.29, 0.717) is 27.2 Å². The van der Waals surface area contributed by atoms with Crippen molar-refractivity contribution in [1.82, 2.24) is 24.6 Å². The lowest BCUT2D eigenvalue weighted by atomic mass is 10.1. The number of H-pyrrole nitrogens is 2. The molecule has 3 aromatic heterocycles. The summed E-state index contributed by atoms with van der Waals surface area (Å²) in [6, 6.07) is 9.36. The van der Waals surface area contributed by atoms with Crippen LogP contribution in [-0.4, -0.2) is 35.7 Å². The van der Waals surface area contributed by atoms with Crippen LogP contribution in [0.15, 0.2) is 46.3 Å². The Balaban J connectivity index is 1.91. The molecule has 0 fully saturated rings. The molecule has 0 aliphatic carbocycles. The first kappa shape index (κ1) is 21.6. The van der Waals surface area contributed by atoms with Crippen LogP contribution >= 0.6 is 11.6 Å². The van der Waals surface area contributed by atoms with Crippen LogP contribution in [0.5, 0.6) is 5.88 Å². The maximum atomic E-state index is 11.5. The predicted molar refractivity (Wildman–Crippen MR) is 124 cm³/mol. The van der Waals surface area contributed by atoms with Gasteiger partial charge in [-0.05, 0) is 37.1 Å². The molecule has 0 radical (unpaired) electrons. The SMILES string of the molecule is CCCC(CC)N=c1cc(Nc2cccc(Cl)c2)nc2c(=Cc3[nH]c(=O)[nH]c3O)cnn12. The lowest BCUT2D eigenvalue weighted by molar-refractivity contribution is 0.454. The number of halogens is 1. The number of aromatic hydroxyl groups is 1. The third-order valence-electron chi connectivity index (χ3n) is 5.02. The summed E-state index contributed by atoms with van der Waals surface area (Å²) in [6.45, 7) is 4.25. The van der Waals surface area contributed by atoms with Gasteiger partial charge >= 0.3 is 5.69 Å². The fourth-order valence-corrected chi connectivity index (χ4v) is 3.65. The summed E-state index contributed by atoms with van der Waals surface area (Å²) in [5, 5.41) is 18.9. The van der Waals surface area contributed by atoms with E-state index in [1.807, 2.05) is 24.3 Å². The van der Waals surface area contributed by atoms with Gasteiger partial charge in [-0.25, -0.2) is 9.78 Å². The topological polar surface area (TPSA) is 123 Å². The standard InChI is InChI=1S/C22H24ClN7O2/c1-3-6-15(4-2)26-19-11-18(25-16-8-5-7-14(23)10-16)28-20-13(12-24-30(19)20)9-17-21(31)29-22(32)27-17/h5,7-12,15,25,31H,3-4,6H2,1-2H3,(H2,27,29,32). The van der Waals surface area contributed by atoms with Crippen molar-refractivity contribution in [2.45, 2.75) is 39.2 Å². The third kappa shape index (κ3) is 4.67. The van der Waals surface area contributed by atoms with Gasteiger partial charge < -0.3 is 15.4 Å². The molecule has 3 heterocycles. The average molecular weight is 454 g/mol. The van der Waals surface area contributed by atoms with Gasteiger partial charge in [0.1, 0.15) is 11.5 Å². The maximum absolute atomic E-state index is 11.5. The second-order valence-electron chi connectivity index (χ2n) is 7.44. The third-order valence-corrected chi connectivity index (χ3v) is 5.26. The predicted octanol–water partition coefficient (Wildman–Crippen LogP) is 2.88. The molecule has 9 nitrogen and oxygen atoms in total. The minimum Gasteiger partial charge on any atom is -0.493 e. The van der Waals surface area contributed by atoms with Gasteiger partial charge in [0.25, 0.3) is 0 Å². The first-order valence-electron chi connectivity index (χ1n) is 10.4. The van der Waals surface area contributed by atoms with E-state index in [9.17, 15) is 9.90 Å². The van der Waals surface area contributed by atoms with Crippen LogP contribution in [0.3, 0.4) is 0 Å². The zero-order valence-electron chi connectivity index (χ0n) is 17.8. The highest BCUT2D eigenvalue weighted by molar-refractivity contribution is 6.30. The van der Waals surface area contributed by atoms with Crippen LogP contribution in [0.25, 0.3) is 11.7 Å². The van der Waals surface area contributed by atoms with E-state index >= 15 is 0 Å². The number of nitrogens with one attached hydrogen (secondary N) is 3. The van der Waals surface area contributed by atoms with E-state index < -0.39 is 5.69 Å². The largest absolute Gasteiger partial charge is 0.493 e. The first-order chi connectivity index (χ1) is 15.5. The minimum atomic E-state index is -0.498. The van der Waals surface area contributed by atoms with Gasteiger partial charge in [0.2, 0.25) is 5.88 Å². The summed E-state index contributed by atoms with van der Waals surface area (Å²) < 4.78 is 1.66. The summed E-state index contributed by atoms with van der Waals surface area (Å²) in [7, 11) is 0. The highest BCUT2D eigenvalue weighted by Crippen LogP contribution is 2.18. The Kier molecular flexibility index (Phi) is 6.27. The highest BCUT2D eigenvalue weighted by atomic mass is 35.5. The van der Waals surface area contributed by atoms with Crippen molar-refractivity contribution in [3.63, 3.8) is 0 Å². The van der Waals surface area contributed by atoms with Gasteiger partial charge in [-0.15, -0.1) is 0 Å². The van der Waals surface area contributed by atoms with E-state index in [1.54, 1.807) is 22.9 Å². The lowest BCUT2D eigenvalue weighted by Crippen LogP contribution is -2.22. The molecule has 32 heavy (non-hydrogen) atoms. The summed E-state index contributed by atoms with van der Waals surface area (Å²) in [5.74, 6) is 0.327. The van der Waals surface area contributed by atoms with Crippen molar-refractivity contribution in [2.75, 3.05) is 5.32 Å². The van der Waals surface area contributed by atoms with Crippen molar-refractivity contribution in [3.05, 3.63) is 68.4 Å². The molecule has 4 rings (SSSR count). The van der Waals surface area contributed by atoms with Crippen LogP contribution in [-0.2, 0) is 0 Å². The molecule has 0 spiro atoms. The van der Waals surface area contributed by atoms with Crippen LogP contribution < -0.4 is 21.7 Å². The number of nitrogens with zero attached hydrogens (tertiary/aromatic N) is 4. The Bertz CT molecular complexity index is 1420. The fourth-order valence-electron chi connectivity index (χ4n) is 3.46. The van der Waals surface area contributed by atoms with E-state index in [-0.39, 0.29) is 17.6 Å². The molecular weight excluding hydrogens is 430 g/mol. The number of aromatic amines is 2. The Hall–Kier alpha value is -3.59. The monoisotopic (exact) mass is 453 g/mol. The summed E-state index contributed by atoms with van der Waals surface area (Å²) in [6.07, 6.45) is 6.14. The van der Waals surface area contributed by atoms with Gasteiger partial charge in [-0.2, -0.15) is 9.61 Å².